The summed E-state index contributed by atoms with van der Waals surface area (Å²) in [7, 11) is 0. The number of benzene rings is 1. The van der Waals surface area contributed by atoms with Gasteiger partial charge in [0, 0.05) is 25.6 Å². The molecular weight excluding hydrogens is 290 g/mol. The summed E-state index contributed by atoms with van der Waals surface area (Å²) in [6, 6.07) is 6.33. The minimum Gasteiger partial charge on any atom is -0.389 e. The third-order valence-corrected chi connectivity index (χ3v) is 4.53. The quantitative estimate of drug-likeness (QED) is 0.859. The van der Waals surface area contributed by atoms with E-state index < -0.39 is 6.10 Å². The number of H-pyrrole nitrogens is 1. The van der Waals surface area contributed by atoms with Gasteiger partial charge in [0.05, 0.1) is 23.7 Å². The number of aryl methyl sites for hydroxylation is 1. The maximum atomic E-state index is 10.0. The summed E-state index contributed by atoms with van der Waals surface area (Å²) in [5, 5.41) is 10.0. The van der Waals surface area contributed by atoms with Crippen LogP contribution >= 0.6 is 0 Å². The maximum absolute atomic E-state index is 10.0. The molecule has 126 valence electrons. The van der Waals surface area contributed by atoms with Crippen molar-refractivity contribution in [3.05, 3.63) is 29.6 Å². The Morgan fingerprint density at radius 2 is 2.35 bits per heavy atom. The number of ether oxygens (including phenoxy) is 1. The summed E-state index contributed by atoms with van der Waals surface area (Å²) < 4.78 is 5.30. The van der Waals surface area contributed by atoms with Crippen molar-refractivity contribution in [1.82, 2.24) is 14.9 Å². The van der Waals surface area contributed by atoms with E-state index in [4.69, 9.17) is 9.72 Å². The largest absolute Gasteiger partial charge is 0.389 e. The average molecular weight is 317 g/mol. The van der Waals surface area contributed by atoms with Crippen molar-refractivity contribution in [2.75, 3.05) is 32.8 Å². The van der Waals surface area contributed by atoms with E-state index in [1.165, 1.54) is 5.56 Å². The molecule has 0 amide bonds. The highest BCUT2D eigenvalue weighted by Crippen LogP contribution is 2.27. The van der Waals surface area contributed by atoms with Crippen LogP contribution in [0, 0.1) is 6.92 Å². The molecule has 0 bridgehead atoms. The first kappa shape index (κ1) is 16.4. The first-order valence-corrected chi connectivity index (χ1v) is 8.60. The highest BCUT2D eigenvalue weighted by Gasteiger charge is 2.25. The van der Waals surface area contributed by atoms with Crippen LogP contribution in [-0.4, -0.2) is 58.9 Å². The van der Waals surface area contributed by atoms with Crippen molar-refractivity contribution in [3.63, 3.8) is 0 Å². The van der Waals surface area contributed by atoms with Crippen molar-refractivity contribution in [1.29, 1.82) is 0 Å². The van der Waals surface area contributed by atoms with Crippen molar-refractivity contribution < 1.29 is 9.84 Å². The second kappa shape index (κ2) is 7.43. The van der Waals surface area contributed by atoms with Gasteiger partial charge in [0.1, 0.15) is 5.82 Å². The number of fused-ring (bicyclic) bond motifs is 1. The van der Waals surface area contributed by atoms with Gasteiger partial charge in [-0.25, -0.2) is 4.98 Å². The van der Waals surface area contributed by atoms with E-state index >= 15 is 0 Å². The van der Waals surface area contributed by atoms with E-state index in [0.717, 1.165) is 42.8 Å². The Bertz CT molecular complexity index is 640. The van der Waals surface area contributed by atoms with Gasteiger partial charge in [-0.3, -0.25) is 4.90 Å². The zero-order valence-corrected chi connectivity index (χ0v) is 14.1. The molecule has 2 heterocycles. The third kappa shape index (κ3) is 4.10. The lowest BCUT2D eigenvalue weighted by Gasteiger charge is -2.33. The highest BCUT2D eigenvalue weighted by molar-refractivity contribution is 5.75. The Balaban J connectivity index is 1.65. The molecule has 2 atom stereocenters. The van der Waals surface area contributed by atoms with Crippen LogP contribution in [0.2, 0.25) is 0 Å². The van der Waals surface area contributed by atoms with E-state index in [9.17, 15) is 5.11 Å². The summed E-state index contributed by atoms with van der Waals surface area (Å²) >= 11 is 0. The third-order valence-electron chi connectivity index (χ3n) is 4.53. The van der Waals surface area contributed by atoms with Gasteiger partial charge in [-0.05, 0) is 50.9 Å². The first-order valence-electron chi connectivity index (χ1n) is 8.60. The van der Waals surface area contributed by atoms with Crippen LogP contribution in [0.1, 0.15) is 37.1 Å². The van der Waals surface area contributed by atoms with E-state index in [2.05, 4.69) is 35.0 Å². The van der Waals surface area contributed by atoms with Crippen LogP contribution in [-0.2, 0) is 4.74 Å². The highest BCUT2D eigenvalue weighted by atomic mass is 16.5. The van der Waals surface area contributed by atoms with Crippen LogP contribution in [0.15, 0.2) is 18.2 Å². The van der Waals surface area contributed by atoms with Gasteiger partial charge >= 0.3 is 0 Å². The Hall–Kier alpha value is -1.43. The topological polar surface area (TPSA) is 61.4 Å². The van der Waals surface area contributed by atoms with E-state index in [1.807, 2.05) is 6.92 Å². The molecule has 0 aliphatic carbocycles. The number of piperidine rings is 1. The fourth-order valence-electron chi connectivity index (χ4n) is 3.39. The molecule has 1 aromatic heterocycles. The van der Waals surface area contributed by atoms with E-state index in [-0.39, 0.29) is 0 Å². The molecule has 2 N–H and O–H groups in total. The standard InChI is InChI=1S/C18H27N3O2/c1-3-23-12-15(22)11-21-8-4-5-14(10-21)18-19-16-7-6-13(2)9-17(16)20-18/h6-7,9,14-15,22H,3-5,8,10-12H2,1-2H3,(H,19,20)/t14-,15+/m1/s1. The number of imidazole rings is 1. The summed E-state index contributed by atoms with van der Waals surface area (Å²) in [4.78, 5) is 10.6. The zero-order chi connectivity index (χ0) is 16.2. The van der Waals surface area contributed by atoms with Gasteiger partial charge in [-0.15, -0.1) is 0 Å². The number of rotatable bonds is 6. The molecule has 0 saturated carbocycles. The smallest absolute Gasteiger partial charge is 0.111 e. The number of aliphatic hydroxyl groups excluding tert-OH is 1. The van der Waals surface area contributed by atoms with Gasteiger partial charge in [0.15, 0.2) is 0 Å². The van der Waals surface area contributed by atoms with Gasteiger partial charge in [-0.2, -0.15) is 0 Å². The zero-order valence-electron chi connectivity index (χ0n) is 14.1. The Morgan fingerprint density at radius 3 is 3.17 bits per heavy atom. The number of nitrogens with one attached hydrogen (secondary N) is 1. The molecule has 0 unspecified atom stereocenters. The maximum Gasteiger partial charge on any atom is 0.111 e. The van der Waals surface area contributed by atoms with Gasteiger partial charge in [0.2, 0.25) is 0 Å². The van der Waals surface area contributed by atoms with Crippen molar-refractivity contribution in [3.8, 4) is 0 Å². The lowest BCUT2D eigenvalue weighted by molar-refractivity contribution is 0.0159. The van der Waals surface area contributed by atoms with E-state index in [0.29, 0.717) is 25.7 Å². The Kier molecular flexibility index (Phi) is 5.30. The number of aromatic amines is 1. The van der Waals surface area contributed by atoms with Crippen LogP contribution in [0.25, 0.3) is 11.0 Å². The second-order valence-corrected chi connectivity index (χ2v) is 6.55. The molecule has 2 aromatic rings. The van der Waals surface area contributed by atoms with E-state index in [1.54, 1.807) is 0 Å². The molecule has 23 heavy (non-hydrogen) atoms. The molecule has 1 saturated heterocycles. The predicted molar refractivity (Wildman–Crippen MR) is 91.7 cm³/mol. The lowest BCUT2D eigenvalue weighted by atomic mass is 9.97. The molecule has 0 radical (unpaired) electrons. The molecule has 0 spiro atoms. The summed E-state index contributed by atoms with van der Waals surface area (Å²) in [5.74, 6) is 1.49. The fraction of sp³-hybridized carbons (Fsp3) is 0.611. The normalized spacial score (nSPS) is 20.9. The summed E-state index contributed by atoms with van der Waals surface area (Å²) in [6.45, 7) is 7.78. The van der Waals surface area contributed by atoms with Gasteiger partial charge in [0.25, 0.3) is 0 Å². The molecule has 1 fully saturated rings. The SMILES string of the molecule is CCOC[C@@H](O)CN1CCC[C@@H](c2nc3ccc(C)cc3[nH]2)C1. The molecule has 5 nitrogen and oxygen atoms in total. The number of hydrogen-bond acceptors (Lipinski definition) is 4. The van der Waals surface area contributed by atoms with Crippen LogP contribution in [0.5, 0.6) is 0 Å². The van der Waals surface area contributed by atoms with Gasteiger partial charge < -0.3 is 14.8 Å². The number of nitrogens with zero attached hydrogens (tertiary/aromatic N) is 2. The molecule has 3 rings (SSSR count). The summed E-state index contributed by atoms with van der Waals surface area (Å²) in [6.07, 6.45) is 1.88. The first-order chi connectivity index (χ1) is 11.2. The molecule has 5 heteroatoms. The van der Waals surface area contributed by atoms with Crippen LogP contribution in [0.3, 0.4) is 0 Å². The van der Waals surface area contributed by atoms with Crippen molar-refractivity contribution >= 4 is 11.0 Å². The minimum absolute atomic E-state index is 0.410. The Morgan fingerprint density at radius 1 is 1.48 bits per heavy atom. The minimum atomic E-state index is -0.410. The number of aliphatic hydroxyl groups is 1. The number of likely N-dealkylation sites (tertiary alicyclic amines) is 1. The molecular formula is C18H27N3O2. The Labute approximate surface area is 137 Å². The molecule has 1 aliphatic heterocycles. The average Bonchev–Trinajstić information content (AvgIpc) is 2.96. The molecule has 1 aliphatic rings. The predicted octanol–water partition coefficient (Wildman–Crippen LogP) is 2.45. The van der Waals surface area contributed by atoms with Crippen molar-refractivity contribution in [2.45, 2.75) is 38.7 Å². The second-order valence-electron chi connectivity index (χ2n) is 6.55. The molecule has 1 aromatic carbocycles. The number of hydrogen-bond donors (Lipinski definition) is 2. The van der Waals surface area contributed by atoms with Crippen molar-refractivity contribution in [2.24, 2.45) is 0 Å². The van der Waals surface area contributed by atoms with Crippen LogP contribution in [0.4, 0.5) is 0 Å². The van der Waals surface area contributed by atoms with Crippen LogP contribution < -0.4 is 0 Å². The lowest BCUT2D eigenvalue weighted by Crippen LogP contribution is -2.41. The summed E-state index contributed by atoms with van der Waals surface area (Å²) in [5.41, 5.74) is 3.41. The number of β-amino-alcohol motifs (C(OH)–C–C–N with tert-alkyl or cyclic N) is 1. The fourth-order valence-corrected chi connectivity index (χ4v) is 3.39. The monoisotopic (exact) mass is 317 g/mol. The van der Waals surface area contributed by atoms with Gasteiger partial charge in [-0.1, -0.05) is 6.07 Å². The number of aromatic nitrogens is 2.